The fourth-order valence-corrected chi connectivity index (χ4v) is 8.87. The minimum Gasteiger partial charge on any atom is -0.456 e. The van der Waals surface area contributed by atoms with Crippen LogP contribution in [0.2, 0.25) is 0 Å². The molecule has 0 atom stereocenters. The van der Waals surface area contributed by atoms with Crippen molar-refractivity contribution in [2.45, 2.75) is 0 Å². The largest absolute Gasteiger partial charge is 0.456 e. The van der Waals surface area contributed by atoms with E-state index in [2.05, 4.69) is 100 Å². The normalized spacial score (nSPS) is 11.9. The van der Waals surface area contributed by atoms with E-state index in [1.165, 1.54) is 0 Å². The number of fused-ring (bicyclic) bond motifs is 12. The third kappa shape index (κ3) is 4.18. The molecule has 0 fully saturated rings. The van der Waals surface area contributed by atoms with Gasteiger partial charge in [-0.3, -0.25) is 0 Å². The van der Waals surface area contributed by atoms with Crippen LogP contribution >= 0.6 is 0 Å². The van der Waals surface area contributed by atoms with Gasteiger partial charge in [0, 0.05) is 48.8 Å². The van der Waals surface area contributed by atoms with E-state index in [4.69, 9.17) is 8.83 Å². The molecule has 0 amide bonds. The van der Waals surface area contributed by atoms with Gasteiger partial charge in [-0.05, 0) is 90.0 Å². The summed E-state index contributed by atoms with van der Waals surface area (Å²) in [7, 11) is 0. The van der Waals surface area contributed by atoms with E-state index < -0.39 is 0 Å². The van der Waals surface area contributed by atoms with Crippen LogP contribution in [0.1, 0.15) is 11.1 Å². The van der Waals surface area contributed by atoms with Crippen molar-refractivity contribution in [3.8, 4) is 34.6 Å². The first-order chi connectivity index (χ1) is 27.6. The Kier molecular flexibility index (Phi) is 6.10. The molecule has 56 heavy (non-hydrogen) atoms. The lowest BCUT2D eigenvalue weighted by atomic mass is 9.99. The second kappa shape index (κ2) is 11.2. The Morgan fingerprint density at radius 3 is 1.54 bits per heavy atom. The van der Waals surface area contributed by atoms with Crippen LogP contribution in [-0.4, -0.2) is 9.13 Å². The van der Waals surface area contributed by atoms with E-state index in [9.17, 15) is 10.5 Å². The monoisotopic (exact) mass is 714 g/mol. The van der Waals surface area contributed by atoms with E-state index in [0.29, 0.717) is 11.1 Å². The topological polar surface area (TPSA) is 83.7 Å². The van der Waals surface area contributed by atoms with Crippen LogP contribution in [0.4, 0.5) is 0 Å². The Bertz CT molecular complexity index is 3750. The Morgan fingerprint density at radius 2 is 0.929 bits per heavy atom. The van der Waals surface area contributed by atoms with Crippen molar-refractivity contribution in [3.63, 3.8) is 0 Å². The number of para-hydroxylation sites is 4. The molecule has 0 spiro atoms. The van der Waals surface area contributed by atoms with Crippen LogP contribution in [0.15, 0.2) is 167 Å². The summed E-state index contributed by atoms with van der Waals surface area (Å²) in [6.45, 7) is 0. The summed E-state index contributed by atoms with van der Waals surface area (Å²) >= 11 is 0. The average molecular weight is 715 g/mol. The lowest BCUT2D eigenvalue weighted by Crippen LogP contribution is -1.99. The standard InChI is InChI=1S/C50H26N4O2/c51-27-29-19-32(21-33(20-29)53-42-13-5-1-9-34(42)38-25-49-40(23-45(38)53)36-11-3-7-15-47(36)55-49)30-17-18-31(28-52)44(22-30)54-43-14-6-2-10-35(43)39-26-50-41(24-46(39)54)37-12-4-8-16-48(37)56-50/h1-26H. The van der Waals surface area contributed by atoms with Crippen molar-refractivity contribution in [1.82, 2.24) is 9.13 Å². The molecule has 6 nitrogen and oxygen atoms in total. The highest BCUT2D eigenvalue weighted by molar-refractivity contribution is 6.18. The summed E-state index contributed by atoms with van der Waals surface area (Å²) in [6, 6.07) is 58.4. The second-order valence-corrected chi connectivity index (χ2v) is 14.4. The van der Waals surface area contributed by atoms with Gasteiger partial charge in [-0.2, -0.15) is 10.5 Å². The van der Waals surface area contributed by atoms with Crippen LogP contribution in [-0.2, 0) is 0 Å². The van der Waals surface area contributed by atoms with Crippen LogP contribution < -0.4 is 0 Å². The molecule has 6 heteroatoms. The molecule has 4 heterocycles. The number of benzene rings is 8. The van der Waals surface area contributed by atoms with Gasteiger partial charge in [0.05, 0.1) is 45.0 Å². The molecule has 0 aliphatic heterocycles. The SMILES string of the molecule is N#Cc1cc(-c2ccc(C#N)c(-n3c4ccccc4c4cc5oc6ccccc6c5cc43)c2)cc(-n2c3ccccc3c3cc4oc5ccccc5c4cc32)c1. The van der Waals surface area contributed by atoms with Crippen molar-refractivity contribution in [1.29, 1.82) is 10.5 Å². The summed E-state index contributed by atoms with van der Waals surface area (Å²) in [4.78, 5) is 0. The van der Waals surface area contributed by atoms with E-state index in [0.717, 1.165) is 110 Å². The minimum absolute atomic E-state index is 0.537. The van der Waals surface area contributed by atoms with Crippen LogP contribution in [0, 0.1) is 22.7 Å². The first kappa shape index (κ1) is 30.4. The quantitative estimate of drug-likeness (QED) is 0.182. The first-order valence-corrected chi connectivity index (χ1v) is 18.4. The molecule has 12 rings (SSSR count). The van der Waals surface area contributed by atoms with Crippen molar-refractivity contribution in [3.05, 3.63) is 169 Å². The number of nitrogens with zero attached hydrogens (tertiary/aromatic N) is 4. The maximum absolute atomic E-state index is 10.5. The zero-order valence-corrected chi connectivity index (χ0v) is 29.6. The van der Waals surface area contributed by atoms with Gasteiger partial charge in [0.1, 0.15) is 28.4 Å². The molecule has 0 aliphatic rings. The van der Waals surface area contributed by atoms with Crippen molar-refractivity contribution < 1.29 is 8.83 Å². The predicted octanol–water partition coefficient (Wildman–Crippen LogP) is 13.1. The van der Waals surface area contributed by atoms with Crippen molar-refractivity contribution in [2.24, 2.45) is 0 Å². The maximum Gasteiger partial charge on any atom is 0.136 e. The molecule has 8 aromatic carbocycles. The van der Waals surface area contributed by atoms with Crippen LogP contribution in [0.25, 0.3) is 110 Å². The zero-order chi connectivity index (χ0) is 37.1. The number of hydrogen-bond donors (Lipinski definition) is 0. The van der Waals surface area contributed by atoms with Gasteiger partial charge in [-0.15, -0.1) is 0 Å². The fraction of sp³-hybridized carbons (Fsp3) is 0. The summed E-state index contributed by atoms with van der Waals surface area (Å²) in [5.41, 5.74) is 11.8. The summed E-state index contributed by atoms with van der Waals surface area (Å²) in [5, 5.41) is 29.4. The first-order valence-electron chi connectivity index (χ1n) is 18.4. The second-order valence-electron chi connectivity index (χ2n) is 14.4. The Labute approximate surface area is 318 Å². The molecule has 258 valence electrons. The minimum atomic E-state index is 0.537. The van der Waals surface area contributed by atoms with Gasteiger partial charge in [0.2, 0.25) is 0 Å². The molecule has 12 aromatic rings. The number of hydrogen-bond acceptors (Lipinski definition) is 4. The number of aromatic nitrogens is 2. The van der Waals surface area contributed by atoms with Gasteiger partial charge in [0.25, 0.3) is 0 Å². The molecular weight excluding hydrogens is 689 g/mol. The summed E-state index contributed by atoms with van der Waals surface area (Å²) in [5.74, 6) is 0. The number of furan rings is 2. The Balaban J connectivity index is 1.11. The molecule has 0 aliphatic carbocycles. The molecule has 0 unspecified atom stereocenters. The smallest absolute Gasteiger partial charge is 0.136 e. The highest BCUT2D eigenvalue weighted by atomic mass is 16.3. The van der Waals surface area contributed by atoms with Gasteiger partial charge >= 0.3 is 0 Å². The molecule has 0 saturated heterocycles. The predicted molar refractivity (Wildman–Crippen MR) is 225 cm³/mol. The van der Waals surface area contributed by atoms with Gasteiger partial charge < -0.3 is 18.0 Å². The van der Waals surface area contributed by atoms with Gasteiger partial charge in [-0.25, -0.2) is 0 Å². The van der Waals surface area contributed by atoms with E-state index in [1.807, 2.05) is 78.9 Å². The number of rotatable bonds is 3. The zero-order valence-electron chi connectivity index (χ0n) is 29.6. The van der Waals surface area contributed by atoms with Gasteiger partial charge in [-0.1, -0.05) is 78.9 Å². The summed E-state index contributed by atoms with van der Waals surface area (Å²) in [6.07, 6.45) is 0. The fourth-order valence-electron chi connectivity index (χ4n) is 8.87. The van der Waals surface area contributed by atoms with Crippen LogP contribution in [0.3, 0.4) is 0 Å². The van der Waals surface area contributed by atoms with Crippen molar-refractivity contribution in [2.75, 3.05) is 0 Å². The summed E-state index contributed by atoms with van der Waals surface area (Å²) < 4.78 is 17.0. The van der Waals surface area contributed by atoms with E-state index >= 15 is 0 Å². The maximum atomic E-state index is 10.5. The average Bonchev–Trinajstić information content (AvgIpc) is 3.99. The third-order valence-corrected chi connectivity index (χ3v) is 11.3. The molecule has 4 aromatic heterocycles. The van der Waals surface area contributed by atoms with E-state index in [-0.39, 0.29) is 0 Å². The molecule has 0 saturated carbocycles. The molecule has 0 N–H and O–H groups in total. The highest BCUT2D eigenvalue weighted by Gasteiger charge is 2.21. The van der Waals surface area contributed by atoms with Crippen LogP contribution in [0.5, 0.6) is 0 Å². The Morgan fingerprint density at radius 1 is 0.375 bits per heavy atom. The molecule has 0 radical (unpaired) electrons. The molecule has 0 bridgehead atoms. The Hall–Kier alpha value is -8.06. The third-order valence-electron chi connectivity index (χ3n) is 11.3. The molecular formula is C50H26N4O2. The van der Waals surface area contributed by atoms with E-state index in [1.54, 1.807) is 0 Å². The highest BCUT2D eigenvalue weighted by Crippen LogP contribution is 2.41. The van der Waals surface area contributed by atoms with Crippen molar-refractivity contribution >= 4 is 87.5 Å². The number of nitriles is 2. The lowest BCUT2D eigenvalue weighted by molar-refractivity contribution is 0.669. The lowest BCUT2D eigenvalue weighted by Gasteiger charge is -2.14. The van der Waals surface area contributed by atoms with Gasteiger partial charge in [0.15, 0.2) is 0 Å².